The highest BCUT2D eigenvalue weighted by molar-refractivity contribution is 5.80. The van der Waals surface area contributed by atoms with E-state index >= 15 is 0 Å². The molecule has 2 fully saturated rings. The number of ether oxygens (including phenoxy) is 1. The Labute approximate surface area is 250 Å². The minimum Gasteiger partial charge on any atom is -0.459 e. The number of piperidine rings is 1. The zero-order valence-corrected chi connectivity index (χ0v) is 25.1. The summed E-state index contributed by atoms with van der Waals surface area (Å²) >= 11 is 0. The van der Waals surface area contributed by atoms with E-state index in [4.69, 9.17) is 4.74 Å². The molecule has 0 bridgehead atoms. The summed E-state index contributed by atoms with van der Waals surface area (Å²) < 4.78 is 8.90. The third kappa shape index (κ3) is 7.06. The first-order chi connectivity index (χ1) is 20.6. The Morgan fingerprint density at radius 2 is 1.84 bits per heavy atom. The highest BCUT2D eigenvalue weighted by Gasteiger charge is 2.49. The molecule has 0 aliphatic carbocycles. The number of rotatable bonds is 8. The van der Waals surface area contributed by atoms with Gasteiger partial charge in [0, 0.05) is 61.8 Å². The Morgan fingerprint density at radius 3 is 2.53 bits per heavy atom. The largest absolute Gasteiger partial charge is 0.459 e. The van der Waals surface area contributed by atoms with Crippen LogP contribution in [0.25, 0.3) is 17.1 Å². The number of aromatic nitrogens is 6. The number of nitrogens with one attached hydrogen (secondary N) is 1. The summed E-state index contributed by atoms with van der Waals surface area (Å²) in [7, 11) is 1.84. The van der Waals surface area contributed by atoms with Crippen molar-refractivity contribution in [1.29, 1.82) is 0 Å². The number of aryl methyl sites for hydroxylation is 1. The molecule has 2 unspecified atom stereocenters. The highest BCUT2D eigenvalue weighted by Crippen LogP contribution is 2.31. The standard InChI is InChI=1S/C32H38N8O3/c1-32(2,3)43-31(42)29-28(36-29)23-8-11-39(12-9-23)19-22-16-33-30(34-17-22)24-7-5-6-21(14-24)15-26-27(41)10-13-40(37-26)25-18-35-38(4)20-25/h5-7,10,13-14,16-18,20,23,28-29,36H,8-9,11-12,15,19H2,1-4H3. The van der Waals surface area contributed by atoms with Gasteiger partial charge in [-0.05, 0) is 64.3 Å². The second kappa shape index (κ2) is 11.8. The Kier molecular flexibility index (Phi) is 7.93. The van der Waals surface area contributed by atoms with E-state index in [1.54, 1.807) is 21.8 Å². The molecule has 0 amide bonds. The fourth-order valence-electron chi connectivity index (χ4n) is 5.71. The fourth-order valence-corrected chi connectivity index (χ4v) is 5.71. The number of carbonyl (C=O) groups is 1. The van der Waals surface area contributed by atoms with E-state index in [9.17, 15) is 9.59 Å². The zero-order chi connectivity index (χ0) is 30.1. The van der Waals surface area contributed by atoms with Crippen LogP contribution in [0.1, 0.15) is 50.4 Å². The van der Waals surface area contributed by atoms with Crippen molar-refractivity contribution in [1.82, 2.24) is 39.7 Å². The van der Waals surface area contributed by atoms with E-state index in [0.717, 1.165) is 54.9 Å². The summed E-state index contributed by atoms with van der Waals surface area (Å²) in [5.41, 5.74) is 3.61. The molecular weight excluding hydrogens is 544 g/mol. The van der Waals surface area contributed by atoms with Gasteiger partial charge in [-0.1, -0.05) is 18.2 Å². The predicted molar refractivity (Wildman–Crippen MR) is 161 cm³/mol. The lowest BCUT2D eigenvalue weighted by molar-refractivity contribution is -0.154. The summed E-state index contributed by atoms with van der Waals surface area (Å²) in [6.07, 6.45) is 11.5. The molecule has 0 spiro atoms. The quantitative estimate of drug-likeness (QED) is 0.246. The van der Waals surface area contributed by atoms with Crippen LogP contribution in [-0.2, 0) is 29.5 Å². The Morgan fingerprint density at radius 1 is 1.07 bits per heavy atom. The summed E-state index contributed by atoms with van der Waals surface area (Å²) in [4.78, 5) is 36.7. The van der Waals surface area contributed by atoms with Crippen molar-refractivity contribution in [2.24, 2.45) is 13.0 Å². The summed E-state index contributed by atoms with van der Waals surface area (Å²) in [6.45, 7) is 8.46. The first kappa shape index (κ1) is 28.9. The third-order valence-electron chi connectivity index (χ3n) is 7.93. The molecule has 5 heterocycles. The third-order valence-corrected chi connectivity index (χ3v) is 7.93. The van der Waals surface area contributed by atoms with Gasteiger partial charge in [-0.25, -0.2) is 14.6 Å². The Hall–Kier alpha value is -4.22. The van der Waals surface area contributed by atoms with Gasteiger partial charge >= 0.3 is 5.97 Å². The first-order valence-corrected chi connectivity index (χ1v) is 14.8. The number of likely N-dealkylation sites (tertiary alicyclic amines) is 1. The summed E-state index contributed by atoms with van der Waals surface area (Å²) in [5.74, 6) is 0.999. The average molecular weight is 583 g/mol. The molecule has 4 aromatic rings. The number of carbonyl (C=O) groups excluding carboxylic acids is 1. The molecule has 43 heavy (non-hydrogen) atoms. The Balaban J connectivity index is 1.03. The molecule has 2 aliphatic heterocycles. The highest BCUT2D eigenvalue weighted by atomic mass is 16.6. The lowest BCUT2D eigenvalue weighted by Crippen LogP contribution is -2.36. The molecular formula is C32H38N8O3. The van der Waals surface area contributed by atoms with Gasteiger partial charge in [0.05, 0.1) is 12.4 Å². The van der Waals surface area contributed by atoms with Crippen molar-refractivity contribution < 1.29 is 9.53 Å². The summed E-state index contributed by atoms with van der Waals surface area (Å²) in [6, 6.07) is 9.53. The molecule has 2 atom stereocenters. The van der Waals surface area contributed by atoms with Crippen LogP contribution in [0.3, 0.4) is 0 Å². The summed E-state index contributed by atoms with van der Waals surface area (Å²) in [5, 5.41) is 12.1. The molecule has 3 aromatic heterocycles. The lowest BCUT2D eigenvalue weighted by Gasteiger charge is -2.31. The van der Waals surface area contributed by atoms with Gasteiger partial charge in [-0.15, -0.1) is 0 Å². The van der Waals surface area contributed by atoms with Crippen molar-refractivity contribution in [3.05, 3.63) is 88.4 Å². The molecule has 2 aliphatic rings. The maximum Gasteiger partial charge on any atom is 0.325 e. The van der Waals surface area contributed by atoms with Crippen molar-refractivity contribution in [3.8, 4) is 17.1 Å². The SMILES string of the molecule is Cn1cc(-n2ccc(=O)c(Cc3cccc(-c4ncc(CN5CCC(C6NC6C(=O)OC(C)(C)C)CC5)cn4)c3)n2)cn1. The maximum atomic E-state index is 12.6. The average Bonchev–Trinajstić information content (AvgIpc) is 3.67. The van der Waals surface area contributed by atoms with Crippen LogP contribution in [0.2, 0.25) is 0 Å². The van der Waals surface area contributed by atoms with Gasteiger partial charge in [0.1, 0.15) is 23.0 Å². The topological polar surface area (TPSA) is 130 Å². The lowest BCUT2D eigenvalue weighted by atomic mass is 9.91. The molecule has 1 aromatic carbocycles. The monoisotopic (exact) mass is 582 g/mol. The van der Waals surface area contributed by atoms with Crippen molar-refractivity contribution in [2.75, 3.05) is 13.1 Å². The van der Waals surface area contributed by atoms with E-state index in [-0.39, 0.29) is 23.5 Å². The molecule has 11 heteroatoms. The van der Waals surface area contributed by atoms with Crippen LogP contribution in [0.15, 0.2) is 66.1 Å². The van der Waals surface area contributed by atoms with E-state index in [2.05, 4.69) is 30.4 Å². The minimum absolute atomic E-state index is 0.105. The molecule has 6 rings (SSSR count). The molecule has 1 N–H and O–H groups in total. The minimum atomic E-state index is -0.457. The van der Waals surface area contributed by atoms with E-state index < -0.39 is 5.60 Å². The smallest absolute Gasteiger partial charge is 0.325 e. The fraction of sp³-hybridized carbons (Fsp3) is 0.438. The number of esters is 1. The molecule has 2 saturated heterocycles. The van der Waals surface area contributed by atoms with Gasteiger partial charge in [0.25, 0.3) is 0 Å². The van der Waals surface area contributed by atoms with Crippen LogP contribution in [0.5, 0.6) is 0 Å². The second-order valence-electron chi connectivity index (χ2n) is 12.6. The second-order valence-corrected chi connectivity index (χ2v) is 12.6. The number of hydrogen-bond acceptors (Lipinski definition) is 9. The van der Waals surface area contributed by atoms with Crippen molar-refractivity contribution in [2.45, 2.75) is 64.3 Å². The maximum absolute atomic E-state index is 12.6. The molecule has 0 saturated carbocycles. The normalized spacial score (nSPS) is 19.3. The number of benzene rings is 1. The van der Waals surface area contributed by atoms with Crippen molar-refractivity contribution in [3.63, 3.8) is 0 Å². The number of hydrogen-bond donors (Lipinski definition) is 1. The van der Waals surface area contributed by atoms with Crippen LogP contribution < -0.4 is 10.7 Å². The molecule has 0 radical (unpaired) electrons. The molecule has 11 nitrogen and oxygen atoms in total. The van der Waals surface area contributed by atoms with Gasteiger partial charge in [0.2, 0.25) is 5.43 Å². The van der Waals surface area contributed by atoms with Crippen molar-refractivity contribution >= 4 is 5.97 Å². The van der Waals surface area contributed by atoms with Crippen LogP contribution in [0.4, 0.5) is 0 Å². The van der Waals surface area contributed by atoms with Crippen LogP contribution in [-0.4, -0.2) is 71.2 Å². The van der Waals surface area contributed by atoms with Gasteiger partial charge in [0.15, 0.2) is 5.82 Å². The van der Waals surface area contributed by atoms with E-state index in [1.807, 2.05) is 70.7 Å². The van der Waals surface area contributed by atoms with Gasteiger partial charge < -0.3 is 4.74 Å². The van der Waals surface area contributed by atoms with Crippen LogP contribution >= 0.6 is 0 Å². The predicted octanol–water partition coefficient (Wildman–Crippen LogP) is 2.91. The van der Waals surface area contributed by atoms with Gasteiger partial charge in [-0.3, -0.25) is 24.5 Å². The zero-order valence-electron chi connectivity index (χ0n) is 25.1. The Bertz CT molecular complexity index is 1650. The van der Waals surface area contributed by atoms with Gasteiger partial charge in [-0.2, -0.15) is 10.2 Å². The van der Waals surface area contributed by atoms with E-state index in [1.165, 1.54) is 6.07 Å². The van der Waals surface area contributed by atoms with Crippen LogP contribution in [0, 0.1) is 5.92 Å². The number of nitrogens with zero attached hydrogens (tertiary/aromatic N) is 7. The first-order valence-electron chi connectivity index (χ1n) is 14.8. The van der Waals surface area contributed by atoms with E-state index in [0.29, 0.717) is 23.9 Å². The molecule has 224 valence electrons.